The van der Waals surface area contributed by atoms with Crippen LogP contribution < -0.4 is 5.32 Å². The van der Waals surface area contributed by atoms with Crippen molar-refractivity contribution in [2.24, 2.45) is 0 Å². The Labute approximate surface area is 133 Å². The molecule has 1 aliphatic rings. The molecule has 0 heterocycles. The third kappa shape index (κ3) is 3.12. The SMILES string of the molecule is Clc1ccc(CNC2CC2)c(-c2cccc(Cl)c2Cl)c1. The smallest absolute Gasteiger partial charge is 0.0670 e. The third-order valence-corrected chi connectivity index (χ3v) is 4.53. The summed E-state index contributed by atoms with van der Waals surface area (Å²) in [7, 11) is 0. The van der Waals surface area contributed by atoms with Gasteiger partial charge in [0.1, 0.15) is 0 Å². The first-order valence-corrected chi connectivity index (χ1v) is 7.75. The molecular weight excluding hydrogens is 313 g/mol. The number of rotatable bonds is 4. The number of hydrogen-bond donors (Lipinski definition) is 1. The summed E-state index contributed by atoms with van der Waals surface area (Å²) in [6, 6.07) is 12.2. The van der Waals surface area contributed by atoms with Crippen molar-refractivity contribution < 1.29 is 0 Å². The van der Waals surface area contributed by atoms with Crippen LogP contribution in [0.3, 0.4) is 0 Å². The van der Waals surface area contributed by atoms with Crippen molar-refractivity contribution in [2.45, 2.75) is 25.4 Å². The van der Waals surface area contributed by atoms with E-state index in [1.165, 1.54) is 18.4 Å². The standard InChI is InChI=1S/C16H14Cl3N/c17-11-5-4-10(9-20-12-6-7-12)14(8-11)13-2-1-3-15(18)16(13)19/h1-5,8,12,20H,6-7,9H2. The van der Waals surface area contributed by atoms with E-state index in [0.717, 1.165) is 17.7 Å². The molecule has 1 saturated carbocycles. The van der Waals surface area contributed by atoms with E-state index in [2.05, 4.69) is 5.32 Å². The van der Waals surface area contributed by atoms with Crippen molar-refractivity contribution in [1.29, 1.82) is 0 Å². The van der Waals surface area contributed by atoms with E-state index < -0.39 is 0 Å². The molecular formula is C16H14Cl3N. The molecule has 1 fully saturated rings. The van der Waals surface area contributed by atoms with Gasteiger partial charge in [0.2, 0.25) is 0 Å². The highest BCUT2D eigenvalue weighted by molar-refractivity contribution is 6.43. The van der Waals surface area contributed by atoms with Gasteiger partial charge >= 0.3 is 0 Å². The van der Waals surface area contributed by atoms with Gasteiger partial charge in [-0.2, -0.15) is 0 Å². The Morgan fingerprint density at radius 2 is 1.80 bits per heavy atom. The zero-order valence-electron chi connectivity index (χ0n) is 10.8. The fraction of sp³-hybridized carbons (Fsp3) is 0.250. The minimum atomic E-state index is 0.560. The first-order chi connectivity index (χ1) is 9.65. The molecule has 3 rings (SSSR count). The molecule has 0 bridgehead atoms. The van der Waals surface area contributed by atoms with Crippen LogP contribution >= 0.6 is 34.8 Å². The van der Waals surface area contributed by atoms with Crippen LogP contribution in [0.4, 0.5) is 0 Å². The molecule has 104 valence electrons. The van der Waals surface area contributed by atoms with Gasteiger partial charge in [0.05, 0.1) is 10.0 Å². The first kappa shape index (κ1) is 14.2. The molecule has 1 N–H and O–H groups in total. The summed E-state index contributed by atoms with van der Waals surface area (Å²) >= 11 is 18.6. The summed E-state index contributed by atoms with van der Waals surface area (Å²) in [4.78, 5) is 0. The molecule has 2 aromatic carbocycles. The summed E-state index contributed by atoms with van der Waals surface area (Å²) in [5.41, 5.74) is 3.15. The molecule has 0 amide bonds. The van der Waals surface area contributed by atoms with Crippen LogP contribution in [0.15, 0.2) is 36.4 Å². The van der Waals surface area contributed by atoms with Gasteiger partial charge in [-0.3, -0.25) is 0 Å². The van der Waals surface area contributed by atoms with Crippen molar-refractivity contribution in [3.05, 3.63) is 57.0 Å². The van der Waals surface area contributed by atoms with Crippen LogP contribution in [0, 0.1) is 0 Å². The van der Waals surface area contributed by atoms with Gasteiger partial charge in [-0.25, -0.2) is 0 Å². The predicted molar refractivity (Wildman–Crippen MR) is 86.8 cm³/mol. The Kier molecular flexibility index (Phi) is 4.23. The fourth-order valence-electron chi connectivity index (χ4n) is 2.21. The van der Waals surface area contributed by atoms with Gasteiger partial charge < -0.3 is 5.32 Å². The minimum Gasteiger partial charge on any atom is -0.310 e. The molecule has 0 aliphatic heterocycles. The maximum absolute atomic E-state index is 6.33. The second-order valence-electron chi connectivity index (χ2n) is 5.06. The molecule has 0 atom stereocenters. The van der Waals surface area contributed by atoms with Gasteiger partial charge in [-0.05, 0) is 42.2 Å². The number of hydrogen-bond acceptors (Lipinski definition) is 1. The van der Waals surface area contributed by atoms with E-state index in [4.69, 9.17) is 34.8 Å². The lowest BCUT2D eigenvalue weighted by atomic mass is 9.99. The Morgan fingerprint density at radius 3 is 2.55 bits per heavy atom. The molecule has 1 aliphatic carbocycles. The molecule has 2 aromatic rings. The number of nitrogens with one attached hydrogen (secondary N) is 1. The van der Waals surface area contributed by atoms with Gasteiger partial charge in [0.15, 0.2) is 0 Å². The maximum atomic E-state index is 6.33. The van der Waals surface area contributed by atoms with Crippen LogP contribution in [-0.2, 0) is 6.54 Å². The van der Waals surface area contributed by atoms with Gasteiger partial charge in [-0.1, -0.05) is 53.0 Å². The zero-order chi connectivity index (χ0) is 14.1. The Balaban J connectivity index is 2.01. The van der Waals surface area contributed by atoms with Crippen molar-refractivity contribution in [3.63, 3.8) is 0 Å². The zero-order valence-corrected chi connectivity index (χ0v) is 13.1. The second kappa shape index (κ2) is 5.95. The van der Waals surface area contributed by atoms with Crippen molar-refractivity contribution in [2.75, 3.05) is 0 Å². The van der Waals surface area contributed by atoms with Crippen LogP contribution in [0.25, 0.3) is 11.1 Å². The predicted octanol–water partition coefficient (Wildman–Crippen LogP) is 5.57. The summed E-state index contributed by atoms with van der Waals surface area (Å²) in [6.45, 7) is 0.819. The molecule has 1 nitrogen and oxygen atoms in total. The molecule has 0 unspecified atom stereocenters. The molecule has 20 heavy (non-hydrogen) atoms. The monoisotopic (exact) mass is 325 g/mol. The van der Waals surface area contributed by atoms with Gasteiger partial charge in [0.25, 0.3) is 0 Å². The summed E-state index contributed by atoms with van der Waals surface area (Å²) in [6.07, 6.45) is 2.53. The Morgan fingerprint density at radius 1 is 1.00 bits per heavy atom. The molecule has 0 saturated heterocycles. The van der Waals surface area contributed by atoms with Crippen molar-refractivity contribution >= 4 is 34.8 Å². The maximum Gasteiger partial charge on any atom is 0.0670 e. The lowest BCUT2D eigenvalue weighted by Gasteiger charge is -2.13. The highest BCUT2D eigenvalue weighted by atomic mass is 35.5. The quantitative estimate of drug-likeness (QED) is 0.775. The number of benzene rings is 2. The van der Waals surface area contributed by atoms with Gasteiger partial charge in [-0.15, -0.1) is 0 Å². The minimum absolute atomic E-state index is 0.560. The summed E-state index contributed by atoms with van der Waals surface area (Å²) < 4.78 is 0. The van der Waals surface area contributed by atoms with Gasteiger partial charge in [0, 0.05) is 23.2 Å². The Hall–Kier alpha value is -0.730. The molecule has 0 spiro atoms. The molecule has 0 aromatic heterocycles. The highest BCUT2D eigenvalue weighted by Crippen LogP contribution is 2.36. The second-order valence-corrected chi connectivity index (χ2v) is 6.28. The average molecular weight is 327 g/mol. The van der Waals surface area contributed by atoms with Crippen LogP contribution in [0.1, 0.15) is 18.4 Å². The van der Waals surface area contributed by atoms with E-state index in [1.807, 2.05) is 30.3 Å². The topological polar surface area (TPSA) is 12.0 Å². The first-order valence-electron chi connectivity index (χ1n) is 6.61. The van der Waals surface area contributed by atoms with E-state index in [0.29, 0.717) is 21.1 Å². The molecule has 0 radical (unpaired) electrons. The largest absolute Gasteiger partial charge is 0.310 e. The summed E-state index contributed by atoms with van der Waals surface area (Å²) in [5.74, 6) is 0. The lowest BCUT2D eigenvalue weighted by molar-refractivity contribution is 0.689. The lowest BCUT2D eigenvalue weighted by Crippen LogP contribution is -2.15. The van der Waals surface area contributed by atoms with E-state index in [-0.39, 0.29) is 0 Å². The van der Waals surface area contributed by atoms with E-state index in [9.17, 15) is 0 Å². The van der Waals surface area contributed by atoms with E-state index in [1.54, 1.807) is 6.07 Å². The van der Waals surface area contributed by atoms with Crippen LogP contribution in [0.2, 0.25) is 15.1 Å². The normalized spacial score (nSPS) is 14.6. The fourth-order valence-corrected chi connectivity index (χ4v) is 2.78. The third-order valence-electron chi connectivity index (χ3n) is 3.47. The average Bonchev–Trinajstić information content (AvgIpc) is 3.25. The Bertz CT molecular complexity index is 636. The molecule has 4 heteroatoms. The van der Waals surface area contributed by atoms with E-state index >= 15 is 0 Å². The van der Waals surface area contributed by atoms with Crippen molar-refractivity contribution in [3.8, 4) is 11.1 Å². The van der Waals surface area contributed by atoms with Crippen molar-refractivity contribution in [1.82, 2.24) is 5.32 Å². The summed E-state index contributed by atoms with van der Waals surface area (Å²) in [5, 5.41) is 5.35. The number of halogens is 3. The van der Waals surface area contributed by atoms with Crippen LogP contribution in [-0.4, -0.2) is 6.04 Å². The highest BCUT2D eigenvalue weighted by Gasteiger charge is 2.21. The van der Waals surface area contributed by atoms with Crippen LogP contribution in [0.5, 0.6) is 0 Å².